The SMILES string of the molecule is CCn1nc(C)c(CCN=C(NC(=O)c2cccc(OC)c2OC)Nc2ccc(C)cc2)c1C. The smallest absolute Gasteiger partial charge is 0.261 e. The Morgan fingerprint density at radius 2 is 1.79 bits per heavy atom. The van der Waals surface area contributed by atoms with Crippen molar-refractivity contribution < 1.29 is 14.3 Å². The zero-order chi connectivity index (χ0) is 24.7. The van der Waals surface area contributed by atoms with Crippen LogP contribution in [0.15, 0.2) is 47.5 Å². The van der Waals surface area contributed by atoms with E-state index in [9.17, 15) is 4.79 Å². The van der Waals surface area contributed by atoms with Crippen LogP contribution in [0.4, 0.5) is 5.69 Å². The second kappa shape index (κ2) is 11.4. The number of carbonyl (C=O) groups excluding carboxylic acids is 1. The molecule has 0 bridgehead atoms. The second-order valence-corrected chi connectivity index (χ2v) is 7.93. The van der Waals surface area contributed by atoms with Gasteiger partial charge < -0.3 is 14.8 Å². The first-order valence-electron chi connectivity index (χ1n) is 11.3. The fraction of sp³-hybridized carbons (Fsp3) is 0.346. The van der Waals surface area contributed by atoms with Crippen molar-refractivity contribution in [3.63, 3.8) is 0 Å². The van der Waals surface area contributed by atoms with Gasteiger partial charge in [0.15, 0.2) is 11.5 Å². The van der Waals surface area contributed by atoms with Gasteiger partial charge in [-0.3, -0.25) is 19.8 Å². The fourth-order valence-electron chi connectivity index (χ4n) is 3.81. The molecule has 0 spiro atoms. The summed E-state index contributed by atoms with van der Waals surface area (Å²) >= 11 is 0. The number of hydrogen-bond acceptors (Lipinski definition) is 5. The number of carbonyl (C=O) groups is 1. The van der Waals surface area contributed by atoms with Crippen molar-refractivity contribution in [3.05, 3.63) is 70.5 Å². The predicted molar refractivity (Wildman–Crippen MR) is 135 cm³/mol. The van der Waals surface area contributed by atoms with Crippen molar-refractivity contribution >= 4 is 17.6 Å². The number of benzene rings is 2. The molecule has 0 unspecified atom stereocenters. The molecule has 0 fully saturated rings. The van der Waals surface area contributed by atoms with Gasteiger partial charge in [-0.2, -0.15) is 5.10 Å². The van der Waals surface area contributed by atoms with E-state index in [0.717, 1.165) is 35.6 Å². The summed E-state index contributed by atoms with van der Waals surface area (Å²) in [4.78, 5) is 17.8. The summed E-state index contributed by atoms with van der Waals surface area (Å²) in [6, 6.07) is 13.1. The number of anilines is 1. The van der Waals surface area contributed by atoms with Crippen LogP contribution in [-0.2, 0) is 13.0 Å². The third-order valence-electron chi connectivity index (χ3n) is 5.66. The quantitative estimate of drug-likeness (QED) is 0.384. The number of aromatic nitrogens is 2. The number of methoxy groups -OCH3 is 2. The molecule has 3 aromatic rings. The summed E-state index contributed by atoms with van der Waals surface area (Å²) in [5.74, 6) is 0.867. The molecule has 3 rings (SSSR count). The number of aryl methyl sites for hydroxylation is 3. The summed E-state index contributed by atoms with van der Waals surface area (Å²) in [5, 5.41) is 10.7. The Labute approximate surface area is 201 Å². The van der Waals surface area contributed by atoms with Gasteiger partial charge in [-0.05, 0) is 63.9 Å². The van der Waals surface area contributed by atoms with Crippen LogP contribution in [0.5, 0.6) is 11.5 Å². The summed E-state index contributed by atoms with van der Waals surface area (Å²) in [6.07, 6.45) is 0.717. The number of nitrogens with zero attached hydrogens (tertiary/aromatic N) is 3. The van der Waals surface area contributed by atoms with Crippen LogP contribution in [0.2, 0.25) is 0 Å². The second-order valence-electron chi connectivity index (χ2n) is 7.93. The summed E-state index contributed by atoms with van der Waals surface area (Å²) < 4.78 is 12.7. The van der Waals surface area contributed by atoms with E-state index in [0.29, 0.717) is 29.6 Å². The monoisotopic (exact) mass is 463 g/mol. The Kier molecular flexibility index (Phi) is 8.29. The Hall–Kier alpha value is -3.81. The lowest BCUT2D eigenvalue weighted by molar-refractivity contribution is 0.0973. The highest BCUT2D eigenvalue weighted by molar-refractivity contribution is 6.11. The lowest BCUT2D eigenvalue weighted by atomic mass is 10.1. The van der Waals surface area contributed by atoms with E-state index in [1.807, 2.05) is 42.8 Å². The number of nitrogens with one attached hydrogen (secondary N) is 2. The van der Waals surface area contributed by atoms with Gasteiger partial charge in [0.2, 0.25) is 5.96 Å². The average Bonchev–Trinajstić information content (AvgIpc) is 3.12. The van der Waals surface area contributed by atoms with Gasteiger partial charge in [0.05, 0.1) is 25.5 Å². The molecule has 34 heavy (non-hydrogen) atoms. The van der Waals surface area contributed by atoms with Gasteiger partial charge in [0.25, 0.3) is 5.91 Å². The molecule has 2 N–H and O–H groups in total. The topological polar surface area (TPSA) is 89.8 Å². The fourth-order valence-corrected chi connectivity index (χ4v) is 3.81. The Bertz CT molecular complexity index is 1170. The highest BCUT2D eigenvalue weighted by atomic mass is 16.5. The number of guanidine groups is 1. The van der Waals surface area contributed by atoms with Crippen molar-refractivity contribution in [2.75, 3.05) is 26.1 Å². The number of ether oxygens (including phenoxy) is 2. The van der Waals surface area contributed by atoms with Crippen molar-refractivity contribution in [2.24, 2.45) is 4.99 Å². The molecule has 0 saturated heterocycles. The Morgan fingerprint density at radius 3 is 2.41 bits per heavy atom. The van der Waals surface area contributed by atoms with Crippen molar-refractivity contribution in [1.82, 2.24) is 15.1 Å². The molecule has 0 aliphatic carbocycles. The van der Waals surface area contributed by atoms with Crippen LogP contribution in [0, 0.1) is 20.8 Å². The highest BCUT2D eigenvalue weighted by Gasteiger charge is 2.18. The number of aliphatic imine (C=N–C) groups is 1. The number of rotatable bonds is 8. The van der Waals surface area contributed by atoms with Gasteiger partial charge in [0.1, 0.15) is 0 Å². The Morgan fingerprint density at radius 1 is 1.06 bits per heavy atom. The molecule has 1 heterocycles. The number of para-hydroxylation sites is 1. The van der Waals surface area contributed by atoms with Crippen molar-refractivity contribution in [1.29, 1.82) is 0 Å². The first-order valence-corrected chi connectivity index (χ1v) is 11.3. The lowest BCUT2D eigenvalue weighted by Gasteiger charge is -2.15. The van der Waals surface area contributed by atoms with Crippen molar-refractivity contribution in [2.45, 2.75) is 40.7 Å². The first kappa shape index (κ1) is 24.8. The highest BCUT2D eigenvalue weighted by Crippen LogP contribution is 2.30. The van der Waals surface area contributed by atoms with E-state index >= 15 is 0 Å². The average molecular weight is 464 g/mol. The van der Waals surface area contributed by atoms with Gasteiger partial charge in [-0.1, -0.05) is 23.8 Å². The molecule has 0 aliphatic heterocycles. The maximum atomic E-state index is 13.2. The lowest BCUT2D eigenvalue weighted by Crippen LogP contribution is -2.36. The Balaban J connectivity index is 1.84. The molecule has 1 amide bonds. The van der Waals surface area contributed by atoms with Crippen molar-refractivity contribution in [3.8, 4) is 11.5 Å². The number of amides is 1. The predicted octanol–water partition coefficient (Wildman–Crippen LogP) is 4.29. The van der Waals surface area contributed by atoms with Crippen LogP contribution in [0.25, 0.3) is 0 Å². The van der Waals surface area contributed by atoms with E-state index in [-0.39, 0.29) is 5.91 Å². The number of hydrogen-bond donors (Lipinski definition) is 2. The maximum Gasteiger partial charge on any atom is 0.261 e. The van der Waals surface area contributed by atoms with Crippen LogP contribution in [0.3, 0.4) is 0 Å². The van der Waals surface area contributed by atoms with Crippen LogP contribution >= 0.6 is 0 Å². The van der Waals surface area contributed by atoms with Gasteiger partial charge in [-0.15, -0.1) is 0 Å². The molecular weight excluding hydrogens is 430 g/mol. The largest absolute Gasteiger partial charge is 0.493 e. The van der Waals surface area contributed by atoms with E-state index in [2.05, 4.69) is 34.6 Å². The standard InChI is InChI=1S/C26H33N5O3/c1-7-31-19(4)21(18(3)30-31)15-16-27-26(28-20-13-11-17(2)12-14-20)29-25(32)22-9-8-10-23(33-5)24(22)34-6/h8-14H,7,15-16H2,1-6H3,(H2,27,28,29,32). The van der Waals surface area contributed by atoms with Crippen LogP contribution in [0.1, 0.15) is 39.8 Å². The maximum absolute atomic E-state index is 13.2. The zero-order valence-electron chi connectivity index (χ0n) is 20.7. The van der Waals surface area contributed by atoms with E-state index in [4.69, 9.17) is 9.47 Å². The molecule has 180 valence electrons. The van der Waals surface area contributed by atoms with Gasteiger partial charge >= 0.3 is 0 Å². The molecule has 1 aromatic heterocycles. The van der Waals surface area contributed by atoms with E-state index < -0.39 is 0 Å². The summed E-state index contributed by atoms with van der Waals surface area (Å²) in [6.45, 7) is 9.50. The van der Waals surface area contributed by atoms with E-state index in [1.54, 1.807) is 18.2 Å². The molecule has 0 saturated carbocycles. The van der Waals surface area contributed by atoms with Crippen LogP contribution in [-0.4, -0.2) is 42.4 Å². The summed E-state index contributed by atoms with van der Waals surface area (Å²) in [5.41, 5.74) is 5.67. The molecule has 2 aromatic carbocycles. The molecular formula is C26H33N5O3. The van der Waals surface area contributed by atoms with Gasteiger partial charge in [0, 0.05) is 24.5 Å². The summed E-state index contributed by atoms with van der Waals surface area (Å²) in [7, 11) is 3.05. The molecule has 8 heteroatoms. The molecule has 0 atom stereocenters. The third-order valence-corrected chi connectivity index (χ3v) is 5.66. The minimum atomic E-state index is -0.347. The molecule has 8 nitrogen and oxygen atoms in total. The van der Waals surface area contributed by atoms with E-state index in [1.165, 1.54) is 19.8 Å². The minimum absolute atomic E-state index is 0.347. The zero-order valence-corrected chi connectivity index (χ0v) is 20.7. The minimum Gasteiger partial charge on any atom is -0.493 e. The van der Waals surface area contributed by atoms with Gasteiger partial charge in [-0.25, -0.2) is 0 Å². The first-order chi connectivity index (χ1) is 16.4. The molecule has 0 radical (unpaired) electrons. The van der Waals surface area contributed by atoms with Crippen LogP contribution < -0.4 is 20.1 Å². The normalized spacial score (nSPS) is 11.3. The molecule has 0 aliphatic rings. The third kappa shape index (κ3) is 5.75.